The van der Waals surface area contributed by atoms with Crippen LogP contribution in [0.25, 0.3) is 0 Å². The summed E-state index contributed by atoms with van der Waals surface area (Å²) in [5.74, 6) is 0.0928. The molecule has 1 aromatic carbocycles. The first-order valence-electron chi connectivity index (χ1n) is 7.06. The molecule has 0 saturated carbocycles. The highest BCUT2D eigenvalue weighted by Gasteiger charge is 2.24. The molecule has 2 atom stereocenters. The molecule has 2 rings (SSSR count). The quantitative estimate of drug-likeness (QED) is 0.922. The fourth-order valence-corrected chi connectivity index (χ4v) is 3.02. The number of carbonyl (C=O) groups is 1. The highest BCUT2D eigenvalue weighted by Crippen LogP contribution is 2.26. The number of halogens is 2. The van der Waals surface area contributed by atoms with E-state index in [9.17, 15) is 4.79 Å². The first kappa shape index (κ1) is 16.6. The van der Waals surface area contributed by atoms with Crippen LogP contribution in [0.15, 0.2) is 18.2 Å². The van der Waals surface area contributed by atoms with E-state index in [0.717, 1.165) is 5.56 Å². The number of morpholine rings is 1. The van der Waals surface area contributed by atoms with Gasteiger partial charge in [-0.2, -0.15) is 0 Å². The van der Waals surface area contributed by atoms with Crippen LogP contribution in [-0.4, -0.2) is 43.2 Å². The molecule has 21 heavy (non-hydrogen) atoms. The molecule has 1 aromatic rings. The van der Waals surface area contributed by atoms with Crippen LogP contribution in [0.4, 0.5) is 0 Å². The van der Waals surface area contributed by atoms with Gasteiger partial charge in [0.25, 0.3) is 0 Å². The second-order valence-electron chi connectivity index (χ2n) is 5.21. The molecule has 1 N–H and O–H groups in total. The van der Waals surface area contributed by atoms with Crippen molar-refractivity contribution in [2.75, 3.05) is 26.3 Å². The summed E-state index contributed by atoms with van der Waals surface area (Å²) in [6, 6.07) is 5.09. The summed E-state index contributed by atoms with van der Waals surface area (Å²) in [6.45, 7) is 6.38. The average molecular weight is 331 g/mol. The zero-order valence-electron chi connectivity index (χ0n) is 12.2. The van der Waals surface area contributed by atoms with Gasteiger partial charge >= 0.3 is 0 Å². The Labute approximate surface area is 135 Å². The van der Waals surface area contributed by atoms with Gasteiger partial charge in [-0.3, -0.25) is 10.1 Å². The summed E-state index contributed by atoms with van der Waals surface area (Å²) >= 11 is 12.1. The molecule has 2 unspecified atom stereocenters. The van der Waals surface area contributed by atoms with Crippen molar-refractivity contribution in [2.24, 2.45) is 0 Å². The van der Waals surface area contributed by atoms with E-state index in [1.54, 1.807) is 12.1 Å². The van der Waals surface area contributed by atoms with Gasteiger partial charge < -0.3 is 9.64 Å². The van der Waals surface area contributed by atoms with Crippen LogP contribution >= 0.6 is 23.2 Å². The van der Waals surface area contributed by atoms with E-state index in [2.05, 4.69) is 5.32 Å². The van der Waals surface area contributed by atoms with Gasteiger partial charge in [0.05, 0.1) is 19.3 Å². The molecule has 4 nitrogen and oxygen atoms in total. The van der Waals surface area contributed by atoms with Crippen molar-refractivity contribution < 1.29 is 9.53 Å². The van der Waals surface area contributed by atoms with Gasteiger partial charge in [0.15, 0.2) is 0 Å². The molecule has 6 heteroatoms. The molecule has 0 bridgehead atoms. The lowest BCUT2D eigenvalue weighted by Gasteiger charge is -2.30. The zero-order chi connectivity index (χ0) is 15.4. The molecular weight excluding hydrogens is 311 g/mol. The number of hydrogen-bond acceptors (Lipinski definition) is 3. The third-order valence-electron chi connectivity index (χ3n) is 3.62. The molecule has 1 aliphatic heterocycles. The molecule has 0 aromatic heterocycles. The molecule has 1 aliphatic rings. The summed E-state index contributed by atoms with van der Waals surface area (Å²) in [5.41, 5.74) is 0.933. The van der Waals surface area contributed by atoms with Gasteiger partial charge in [-0.05, 0) is 31.5 Å². The number of hydrogen-bond donors (Lipinski definition) is 1. The lowest BCUT2D eigenvalue weighted by atomic mass is 10.1. The maximum absolute atomic E-state index is 12.4. The number of nitrogens with zero attached hydrogens (tertiary/aromatic N) is 1. The Kier molecular flexibility index (Phi) is 5.88. The maximum Gasteiger partial charge on any atom is 0.239 e. The number of carbonyl (C=O) groups excluding carboxylic acids is 1. The van der Waals surface area contributed by atoms with Gasteiger partial charge in [0.2, 0.25) is 5.91 Å². The normalized spacial score (nSPS) is 18.4. The number of ether oxygens (including phenoxy) is 1. The summed E-state index contributed by atoms with van der Waals surface area (Å²) in [6.07, 6.45) is 0. The van der Waals surface area contributed by atoms with E-state index in [4.69, 9.17) is 27.9 Å². The SMILES string of the molecule is CC(NC(C)c1ccc(Cl)cc1Cl)C(=O)N1CCOCC1. The van der Waals surface area contributed by atoms with Crippen molar-refractivity contribution in [1.82, 2.24) is 10.2 Å². The number of benzene rings is 1. The Bertz CT molecular complexity index is 504. The van der Waals surface area contributed by atoms with E-state index in [-0.39, 0.29) is 18.0 Å². The molecule has 1 heterocycles. The van der Waals surface area contributed by atoms with Crippen molar-refractivity contribution in [1.29, 1.82) is 0 Å². The van der Waals surface area contributed by atoms with Gasteiger partial charge in [-0.15, -0.1) is 0 Å². The van der Waals surface area contributed by atoms with Gasteiger partial charge in [0.1, 0.15) is 0 Å². The summed E-state index contributed by atoms with van der Waals surface area (Å²) in [7, 11) is 0. The van der Waals surface area contributed by atoms with E-state index in [1.165, 1.54) is 0 Å². The maximum atomic E-state index is 12.4. The highest BCUT2D eigenvalue weighted by atomic mass is 35.5. The first-order chi connectivity index (χ1) is 9.99. The monoisotopic (exact) mass is 330 g/mol. The van der Waals surface area contributed by atoms with E-state index in [0.29, 0.717) is 36.3 Å². The molecule has 0 radical (unpaired) electrons. The van der Waals surface area contributed by atoms with Crippen molar-refractivity contribution >= 4 is 29.1 Å². The van der Waals surface area contributed by atoms with Crippen molar-refractivity contribution in [2.45, 2.75) is 25.9 Å². The predicted octanol–water partition coefficient (Wildman–Crippen LogP) is 2.89. The highest BCUT2D eigenvalue weighted by molar-refractivity contribution is 6.35. The second kappa shape index (κ2) is 7.45. The van der Waals surface area contributed by atoms with Crippen LogP contribution in [0.5, 0.6) is 0 Å². The number of nitrogens with one attached hydrogen (secondary N) is 1. The number of amides is 1. The molecule has 1 amide bonds. The van der Waals surface area contributed by atoms with Crippen LogP contribution in [0.3, 0.4) is 0 Å². The average Bonchev–Trinajstić information content (AvgIpc) is 2.47. The molecule has 0 aliphatic carbocycles. The van der Waals surface area contributed by atoms with Gasteiger partial charge in [-0.1, -0.05) is 29.3 Å². The van der Waals surface area contributed by atoms with E-state index >= 15 is 0 Å². The van der Waals surface area contributed by atoms with Crippen LogP contribution in [0.2, 0.25) is 10.0 Å². The predicted molar refractivity (Wildman–Crippen MR) is 84.9 cm³/mol. The Hall–Kier alpha value is -0.810. The first-order valence-corrected chi connectivity index (χ1v) is 7.82. The topological polar surface area (TPSA) is 41.6 Å². The fourth-order valence-electron chi connectivity index (χ4n) is 2.45. The van der Waals surface area contributed by atoms with Gasteiger partial charge in [-0.25, -0.2) is 0 Å². The van der Waals surface area contributed by atoms with Crippen molar-refractivity contribution in [3.05, 3.63) is 33.8 Å². The summed E-state index contributed by atoms with van der Waals surface area (Å²) in [4.78, 5) is 14.2. The minimum Gasteiger partial charge on any atom is -0.378 e. The Morgan fingerprint density at radius 3 is 2.57 bits per heavy atom. The number of rotatable bonds is 4. The van der Waals surface area contributed by atoms with Gasteiger partial charge in [0, 0.05) is 29.2 Å². The lowest BCUT2D eigenvalue weighted by Crippen LogP contribution is -2.49. The van der Waals surface area contributed by atoms with Crippen molar-refractivity contribution in [3.8, 4) is 0 Å². The third-order valence-corrected chi connectivity index (χ3v) is 4.18. The van der Waals surface area contributed by atoms with Crippen LogP contribution in [0, 0.1) is 0 Å². The van der Waals surface area contributed by atoms with Crippen molar-refractivity contribution in [3.63, 3.8) is 0 Å². The van der Waals surface area contributed by atoms with Crippen LogP contribution in [-0.2, 0) is 9.53 Å². The zero-order valence-corrected chi connectivity index (χ0v) is 13.7. The fraction of sp³-hybridized carbons (Fsp3) is 0.533. The standard InChI is InChI=1S/C15H20Cl2N2O2/c1-10(13-4-3-12(16)9-14(13)17)18-11(2)15(20)19-5-7-21-8-6-19/h3-4,9-11,18H,5-8H2,1-2H3. The minimum absolute atomic E-state index is 0.0326. The summed E-state index contributed by atoms with van der Waals surface area (Å²) < 4.78 is 5.26. The molecular formula is C15H20Cl2N2O2. The van der Waals surface area contributed by atoms with Crippen LogP contribution in [0.1, 0.15) is 25.5 Å². The van der Waals surface area contributed by atoms with E-state index < -0.39 is 0 Å². The summed E-state index contributed by atoms with van der Waals surface area (Å²) in [5, 5.41) is 4.50. The molecule has 1 saturated heterocycles. The lowest BCUT2D eigenvalue weighted by molar-refractivity contribution is -0.137. The largest absolute Gasteiger partial charge is 0.378 e. The third kappa shape index (κ3) is 4.33. The molecule has 116 valence electrons. The molecule has 1 fully saturated rings. The second-order valence-corrected chi connectivity index (χ2v) is 6.06. The Morgan fingerprint density at radius 2 is 1.95 bits per heavy atom. The minimum atomic E-state index is -0.273. The van der Waals surface area contributed by atoms with Crippen LogP contribution < -0.4 is 5.32 Å². The smallest absolute Gasteiger partial charge is 0.239 e. The van der Waals surface area contributed by atoms with E-state index in [1.807, 2.05) is 24.8 Å². The molecule has 0 spiro atoms. The Balaban J connectivity index is 1.97. The Morgan fingerprint density at radius 1 is 1.29 bits per heavy atom.